The average Bonchev–Trinajstić information content (AvgIpc) is 2.23. The summed E-state index contributed by atoms with van der Waals surface area (Å²) in [7, 11) is 4.00. The van der Waals surface area contributed by atoms with Gasteiger partial charge < -0.3 is 10.2 Å². The molecule has 0 saturated carbocycles. The van der Waals surface area contributed by atoms with E-state index in [1.807, 2.05) is 39.2 Å². The number of halogens is 1. The third-order valence-electron chi connectivity index (χ3n) is 2.74. The second-order valence-electron chi connectivity index (χ2n) is 4.54. The average molecular weight is 299 g/mol. The molecule has 1 amide bonds. The van der Waals surface area contributed by atoms with Gasteiger partial charge in [-0.3, -0.25) is 4.79 Å². The van der Waals surface area contributed by atoms with E-state index < -0.39 is 0 Å². The van der Waals surface area contributed by atoms with E-state index in [0.717, 1.165) is 10.0 Å². The van der Waals surface area contributed by atoms with Gasteiger partial charge in [-0.05, 0) is 51.7 Å². The van der Waals surface area contributed by atoms with E-state index in [2.05, 4.69) is 33.1 Å². The number of carbonyl (C=O) groups excluding carboxylic acids is 1. The first-order valence-corrected chi connectivity index (χ1v) is 6.41. The van der Waals surface area contributed by atoms with E-state index in [1.54, 1.807) is 0 Å². The monoisotopic (exact) mass is 298 g/mol. The fraction of sp³-hybridized carbons (Fsp3) is 0.462. The van der Waals surface area contributed by atoms with Crippen LogP contribution in [0.4, 0.5) is 0 Å². The molecule has 17 heavy (non-hydrogen) atoms. The fourth-order valence-corrected chi connectivity index (χ4v) is 2.00. The van der Waals surface area contributed by atoms with Crippen molar-refractivity contribution in [1.82, 2.24) is 10.2 Å². The Bertz CT molecular complexity index is 384. The molecule has 0 fully saturated rings. The van der Waals surface area contributed by atoms with Crippen LogP contribution in [0.15, 0.2) is 22.7 Å². The largest absolute Gasteiger partial charge is 0.350 e. The summed E-state index contributed by atoms with van der Waals surface area (Å²) in [5.74, 6) is -0.0249. The molecule has 1 aromatic rings. The Morgan fingerprint density at radius 2 is 2.06 bits per heavy atom. The molecule has 1 aromatic carbocycles. The lowest BCUT2D eigenvalue weighted by Gasteiger charge is -2.20. The first-order valence-electron chi connectivity index (χ1n) is 5.62. The van der Waals surface area contributed by atoms with E-state index in [0.29, 0.717) is 18.2 Å². The van der Waals surface area contributed by atoms with E-state index in [4.69, 9.17) is 0 Å². The quantitative estimate of drug-likeness (QED) is 0.926. The molecule has 0 heterocycles. The lowest BCUT2D eigenvalue weighted by atomic mass is 10.1. The third-order valence-corrected chi connectivity index (χ3v) is 3.20. The van der Waals surface area contributed by atoms with Gasteiger partial charge in [0.15, 0.2) is 0 Å². The number of hydrogen-bond donors (Lipinski definition) is 1. The van der Waals surface area contributed by atoms with Gasteiger partial charge in [0.2, 0.25) is 0 Å². The highest BCUT2D eigenvalue weighted by Crippen LogP contribution is 2.15. The molecule has 0 bridgehead atoms. The van der Waals surface area contributed by atoms with Crippen LogP contribution in [-0.2, 0) is 0 Å². The van der Waals surface area contributed by atoms with Gasteiger partial charge in [0.05, 0.1) is 0 Å². The Hall–Kier alpha value is -0.870. The predicted octanol–water partition coefficient (Wildman–Crippen LogP) is 2.44. The van der Waals surface area contributed by atoms with Gasteiger partial charge in [0.1, 0.15) is 0 Å². The molecule has 3 nitrogen and oxygen atoms in total. The molecule has 0 saturated heterocycles. The van der Waals surface area contributed by atoms with Crippen molar-refractivity contribution >= 4 is 21.8 Å². The normalized spacial score (nSPS) is 12.6. The highest BCUT2D eigenvalue weighted by Gasteiger charge is 2.09. The highest BCUT2D eigenvalue weighted by atomic mass is 79.9. The van der Waals surface area contributed by atoms with Gasteiger partial charge in [-0.2, -0.15) is 0 Å². The number of rotatable bonds is 4. The number of nitrogens with zero attached hydrogens (tertiary/aromatic N) is 1. The third kappa shape index (κ3) is 4.48. The summed E-state index contributed by atoms with van der Waals surface area (Å²) in [6.45, 7) is 4.70. The van der Waals surface area contributed by atoms with Crippen molar-refractivity contribution in [3.8, 4) is 0 Å². The summed E-state index contributed by atoms with van der Waals surface area (Å²) in [5, 5.41) is 2.93. The standard InChI is InChI=1S/C13H19BrN2O/c1-9-5-11(7-12(14)6-9)13(17)15-8-10(2)16(3)4/h5-7,10H,8H2,1-4H3,(H,15,17). The number of hydrogen-bond acceptors (Lipinski definition) is 2. The maximum absolute atomic E-state index is 11.9. The first kappa shape index (κ1) is 14.2. The van der Waals surface area contributed by atoms with Crippen molar-refractivity contribution < 1.29 is 4.79 Å². The van der Waals surface area contributed by atoms with Crippen LogP contribution in [0.5, 0.6) is 0 Å². The Morgan fingerprint density at radius 3 is 2.59 bits per heavy atom. The second-order valence-corrected chi connectivity index (χ2v) is 5.46. The molecule has 1 atom stereocenters. The highest BCUT2D eigenvalue weighted by molar-refractivity contribution is 9.10. The zero-order chi connectivity index (χ0) is 13.0. The minimum Gasteiger partial charge on any atom is -0.350 e. The molecule has 0 aromatic heterocycles. The van der Waals surface area contributed by atoms with Crippen LogP contribution < -0.4 is 5.32 Å². The minimum atomic E-state index is -0.0249. The van der Waals surface area contributed by atoms with Crippen molar-refractivity contribution in [3.63, 3.8) is 0 Å². The molecular weight excluding hydrogens is 280 g/mol. The molecule has 0 radical (unpaired) electrons. The molecule has 4 heteroatoms. The zero-order valence-electron chi connectivity index (χ0n) is 10.7. The smallest absolute Gasteiger partial charge is 0.251 e. The number of aryl methyl sites for hydroxylation is 1. The van der Waals surface area contributed by atoms with Gasteiger partial charge in [0, 0.05) is 22.6 Å². The minimum absolute atomic E-state index is 0.0249. The van der Waals surface area contributed by atoms with Crippen molar-refractivity contribution in [2.45, 2.75) is 19.9 Å². The Kier molecular flexibility index (Phi) is 5.15. The van der Waals surface area contributed by atoms with E-state index >= 15 is 0 Å². The molecule has 0 aliphatic carbocycles. The van der Waals surface area contributed by atoms with Gasteiger partial charge in [-0.15, -0.1) is 0 Å². The number of nitrogens with one attached hydrogen (secondary N) is 1. The maximum Gasteiger partial charge on any atom is 0.251 e. The van der Waals surface area contributed by atoms with Crippen molar-refractivity contribution in [1.29, 1.82) is 0 Å². The lowest BCUT2D eigenvalue weighted by molar-refractivity contribution is 0.0943. The summed E-state index contributed by atoms with van der Waals surface area (Å²) in [4.78, 5) is 14.0. The molecular formula is C13H19BrN2O. The van der Waals surface area contributed by atoms with Crippen LogP contribution in [0.1, 0.15) is 22.8 Å². The molecule has 94 valence electrons. The Labute approximate surface area is 111 Å². The van der Waals surface area contributed by atoms with Crippen LogP contribution in [0.25, 0.3) is 0 Å². The Morgan fingerprint density at radius 1 is 1.41 bits per heavy atom. The molecule has 0 aliphatic heterocycles. The van der Waals surface area contributed by atoms with Gasteiger partial charge >= 0.3 is 0 Å². The summed E-state index contributed by atoms with van der Waals surface area (Å²) in [6.07, 6.45) is 0. The second kappa shape index (κ2) is 6.17. The van der Waals surface area contributed by atoms with E-state index in [9.17, 15) is 4.79 Å². The fourth-order valence-electron chi connectivity index (χ4n) is 1.39. The molecule has 1 N–H and O–H groups in total. The van der Waals surface area contributed by atoms with Crippen LogP contribution >= 0.6 is 15.9 Å². The van der Waals surface area contributed by atoms with E-state index in [1.165, 1.54) is 0 Å². The van der Waals surface area contributed by atoms with Gasteiger partial charge in [-0.25, -0.2) is 0 Å². The van der Waals surface area contributed by atoms with Crippen LogP contribution in [0, 0.1) is 6.92 Å². The first-order chi connectivity index (χ1) is 7.90. The van der Waals surface area contributed by atoms with Crippen LogP contribution in [-0.4, -0.2) is 37.5 Å². The predicted molar refractivity (Wildman–Crippen MR) is 74.4 cm³/mol. The number of carbonyl (C=O) groups is 1. The molecule has 1 rings (SSSR count). The van der Waals surface area contributed by atoms with E-state index in [-0.39, 0.29) is 5.91 Å². The van der Waals surface area contributed by atoms with Crippen LogP contribution in [0.3, 0.4) is 0 Å². The number of likely N-dealkylation sites (N-methyl/N-ethyl adjacent to an activating group) is 1. The topological polar surface area (TPSA) is 32.3 Å². The summed E-state index contributed by atoms with van der Waals surface area (Å²) in [5.41, 5.74) is 1.77. The molecule has 0 aliphatic rings. The molecule has 1 unspecified atom stereocenters. The zero-order valence-corrected chi connectivity index (χ0v) is 12.3. The van der Waals surface area contributed by atoms with Gasteiger partial charge in [-0.1, -0.05) is 15.9 Å². The summed E-state index contributed by atoms with van der Waals surface area (Å²) in [6, 6.07) is 6.04. The molecule has 0 spiro atoms. The number of amides is 1. The Balaban J connectivity index is 2.64. The lowest BCUT2D eigenvalue weighted by Crippen LogP contribution is -2.38. The summed E-state index contributed by atoms with van der Waals surface area (Å²) >= 11 is 3.40. The number of benzene rings is 1. The van der Waals surface area contributed by atoms with Crippen molar-refractivity contribution in [3.05, 3.63) is 33.8 Å². The van der Waals surface area contributed by atoms with Crippen LogP contribution in [0.2, 0.25) is 0 Å². The van der Waals surface area contributed by atoms with Crippen molar-refractivity contribution in [2.24, 2.45) is 0 Å². The summed E-state index contributed by atoms with van der Waals surface area (Å²) < 4.78 is 0.934. The maximum atomic E-state index is 11.9. The van der Waals surface area contributed by atoms with Gasteiger partial charge in [0.25, 0.3) is 5.91 Å². The SMILES string of the molecule is Cc1cc(Br)cc(C(=O)NCC(C)N(C)C)c1. The van der Waals surface area contributed by atoms with Crippen molar-refractivity contribution in [2.75, 3.05) is 20.6 Å².